The van der Waals surface area contributed by atoms with Crippen LogP contribution in [0, 0.1) is 6.92 Å². The predicted octanol–water partition coefficient (Wildman–Crippen LogP) is 2.36. The van der Waals surface area contributed by atoms with E-state index in [0.717, 1.165) is 43.0 Å². The number of hydrogen-bond acceptors (Lipinski definition) is 6. The first-order valence-corrected chi connectivity index (χ1v) is 11.0. The monoisotopic (exact) mass is 434 g/mol. The second kappa shape index (κ2) is 8.23. The lowest BCUT2D eigenvalue weighted by atomic mass is 10.0. The number of rotatable bonds is 5. The Morgan fingerprint density at radius 3 is 2.66 bits per heavy atom. The van der Waals surface area contributed by atoms with E-state index in [9.17, 15) is 9.59 Å². The first kappa shape index (κ1) is 20.4. The Labute approximate surface area is 184 Å². The maximum absolute atomic E-state index is 12.8. The van der Waals surface area contributed by atoms with E-state index in [0.29, 0.717) is 30.0 Å². The Hall–Kier alpha value is -3.46. The molecule has 1 aliphatic rings. The van der Waals surface area contributed by atoms with E-state index in [2.05, 4.69) is 20.4 Å². The summed E-state index contributed by atoms with van der Waals surface area (Å²) in [7, 11) is 0. The van der Waals surface area contributed by atoms with Crippen LogP contribution in [-0.2, 0) is 13.1 Å². The van der Waals surface area contributed by atoms with Crippen LogP contribution in [0.25, 0.3) is 16.7 Å². The van der Waals surface area contributed by atoms with Crippen LogP contribution in [0.2, 0.25) is 0 Å². The van der Waals surface area contributed by atoms with E-state index in [-0.39, 0.29) is 17.5 Å². The van der Waals surface area contributed by atoms with Crippen LogP contribution in [0.15, 0.2) is 45.6 Å². The van der Waals surface area contributed by atoms with Gasteiger partial charge in [-0.2, -0.15) is 0 Å². The molecule has 0 atom stereocenters. The Balaban J connectivity index is 1.32. The molecule has 0 spiro atoms. The molecule has 0 unspecified atom stereocenters. The SMILES string of the molecule is CCn1c(=O)c2ccccc2n2c(CN3CCC(NC(=O)c4ccc(C)o4)CC3)nnc12. The smallest absolute Gasteiger partial charge is 0.287 e. The molecule has 9 nitrogen and oxygen atoms in total. The molecule has 1 saturated heterocycles. The molecule has 0 radical (unpaired) electrons. The third kappa shape index (κ3) is 3.58. The van der Waals surface area contributed by atoms with Gasteiger partial charge in [-0.15, -0.1) is 10.2 Å². The number of nitrogens with one attached hydrogen (secondary N) is 1. The number of carbonyl (C=O) groups excluding carboxylic acids is 1. The van der Waals surface area contributed by atoms with Gasteiger partial charge in [0.15, 0.2) is 11.6 Å². The fraction of sp³-hybridized carbons (Fsp3) is 0.391. The van der Waals surface area contributed by atoms with Crippen LogP contribution in [0.4, 0.5) is 0 Å². The first-order chi connectivity index (χ1) is 15.5. The molecule has 0 aliphatic carbocycles. The van der Waals surface area contributed by atoms with Gasteiger partial charge >= 0.3 is 0 Å². The molecular formula is C23H26N6O3. The summed E-state index contributed by atoms with van der Waals surface area (Å²) in [6, 6.07) is 11.2. The van der Waals surface area contributed by atoms with Gasteiger partial charge in [-0.3, -0.25) is 23.5 Å². The van der Waals surface area contributed by atoms with E-state index < -0.39 is 0 Å². The maximum Gasteiger partial charge on any atom is 0.287 e. The number of amides is 1. The number of furan rings is 1. The Morgan fingerprint density at radius 1 is 1.16 bits per heavy atom. The van der Waals surface area contributed by atoms with Gasteiger partial charge in [0, 0.05) is 25.7 Å². The molecule has 1 N–H and O–H groups in total. The maximum atomic E-state index is 12.8. The van der Waals surface area contributed by atoms with Gasteiger partial charge in [-0.25, -0.2) is 0 Å². The second-order valence-corrected chi connectivity index (χ2v) is 8.25. The zero-order valence-electron chi connectivity index (χ0n) is 18.2. The summed E-state index contributed by atoms with van der Waals surface area (Å²) >= 11 is 0. The standard InChI is InChI=1S/C23H26N6O3/c1-3-28-22(31)17-6-4-5-7-18(17)29-20(25-26-23(28)29)14-27-12-10-16(11-13-27)24-21(30)19-9-8-15(2)32-19/h4-9,16H,3,10-14H2,1-2H3,(H,24,30). The van der Waals surface area contributed by atoms with Crippen LogP contribution in [0.1, 0.15) is 41.9 Å². The quantitative estimate of drug-likeness (QED) is 0.518. The normalized spacial score (nSPS) is 15.6. The number of nitrogens with zero attached hydrogens (tertiary/aromatic N) is 5. The van der Waals surface area contributed by atoms with Gasteiger partial charge in [-0.1, -0.05) is 12.1 Å². The number of aryl methyl sites for hydroxylation is 2. The van der Waals surface area contributed by atoms with Gasteiger partial charge in [0.1, 0.15) is 5.76 Å². The van der Waals surface area contributed by atoms with Gasteiger partial charge < -0.3 is 9.73 Å². The Bertz CT molecular complexity index is 1340. The Kier molecular flexibility index (Phi) is 5.26. The van der Waals surface area contributed by atoms with Crippen molar-refractivity contribution in [3.8, 4) is 0 Å². The lowest BCUT2D eigenvalue weighted by molar-refractivity contribution is 0.0879. The number of para-hydroxylation sites is 1. The summed E-state index contributed by atoms with van der Waals surface area (Å²) in [4.78, 5) is 27.5. The molecule has 32 heavy (non-hydrogen) atoms. The van der Waals surface area contributed by atoms with Crippen molar-refractivity contribution in [1.82, 2.24) is 29.4 Å². The number of aromatic nitrogens is 4. The summed E-state index contributed by atoms with van der Waals surface area (Å²) in [5, 5.41) is 12.5. The summed E-state index contributed by atoms with van der Waals surface area (Å²) in [5.74, 6) is 2.30. The van der Waals surface area contributed by atoms with Gasteiger partial charge in [0.2, 0.25) is 5.78 Å². The van der Waals surface area contributed by atoms with Crippen molar-refractivity contribution in [3.63, 3.8) is 0 Å². The largest absolute Gasteiger partial charge is 0.456 e. The van der Waals surface area contributed by atoms with Crippen molar-refractivity contribution in [2.45, 2.75) is 45.8 Å². The lowest BCUT2D eigenvalue weighted by Crippen LogP contribution is -2.44. The summed E-state index contributed by atoms with van der Waals surface area (Å²) in [5.41, 5.74) is 0.783. The summed E-state index contributed by atoms with van der Waals surface area (Å²) in [6.07, 6.45) is 1.70. The minimum Gasteiger partial charge on any atom is -0.456 e. The Morgan fingerprint density at radius 2 is 1.94 bits per heavy atom. The van der Waals surface area contributed by atoms with E-state index in [1.165, 1.54) is 0 Å². The average Bonchev–Trinajstić information content (AvgIpc) is 3.42. The highest BCUT2D eigenvalue weighted by Crippen LogP contribution is 2.18. The van der Waals surface area contributed by atoms with Gasteiger partial charge in [0.05, 0.1) is 17.4 Å². The molecule has 4 heterocycles. The van der Waals surface area contributed by atoms with Crippen LogP contribution in [0.5, 0.6) is 0 Å². The molecule has 166 valence electrons. The zero-order valence-corrected chi connectivity index (χ0v) is 18.2. The van der Waals surface area contributed by atoms with Crippen molar-refractivity contribution >= 4 is 22.6 Å². The highest BCUT2D eigenvalue weighted by Gasteiger charge is 2.24. The van der Waals surface area contributed by atoms with Crippen LogP contribution >= 0.6 is 0 Å². The second-order valence-electron chi connectivity index (χ2n) is 8.25. The molecule has 4 aromatic rings. The first-order valence-electron chi connectivity index (χ1n) is 11.0. The third-order valence-corrected chi connectivity index (χ3v) is 6.14. The topological polar surface area (TPSA) is 97.7 Å². The molecule has 5 rings (SSSR count). The molecule has 1 fully saturated rings. The summed E-state index contributed by atoms with van der Waals surface area (Å²) < 4.78 is 9.07. The number of likely N-dealkylation sites (tertiary alicyclic amines) is 1. The number of piperidine rings is 1. The van der Waals surface area contributed by atoms with E-state index in [4.69, 9.17) is 4.42 Å². The van der Waals surface area contributed by atoms with Crippen molar-refractivity contribution < 1.29 is 9.21 Å². The molecule has 0 bridgehead atoms. The van der Waals surface area contributed by atoms with E-state index >= 15 is 0 Å². The van der Waals surface area contributed by atoms with Gasteiger partial charge in [-0.05, 0) is 51.0 Å². The predicted molar refractivity (Wildman–Crippen MR) is 120 cm³/mol. The van der Waals surface area contributed by atoms with Crippen molar-refractivity contribution in [2.75, 3.05) is 13.1 Å². The van der Waals surface area contributed by atoms with Crippen molar-refractivity contribution in [3.05, 3.63) is 64.1 Å². The molecule has 1 aromatic carbocycles. The van der Waals surface area contributed by atoms with Crippen LogP contribution in [0.3, 0.4) is 0 Å². The number of carbonyl (C=O) groups is 1. The molecule has 0 saturated carbocycles. The van der Waals surface area contributed by atoms with Crippen molar-refractivity contribution in [1.29, 1.82) is 0 Å². The van der Waals surface area contributed by atoms with Crippen LogP contribution < -0.4 is 10.9 Å². The highest BCUT2D eigenvalue weighted by atomic mass is 16.3. The third-order valence-electron chi connectivity index (χ3n) is 6.14. The molecule has 3 aromatic heterocycles. The molecular weight excluding hydrogens is 408 g/mol. The number of fused-ring (bicyclic) bond motifs is 3. The number of hydrogen-bond donors (Lipinski definition) is 1. The van der Waals surface area contributed by atoms with Crippen LogP contribution in [-0.4, -0.2) is 49.1 Å². The fourth-order valence-electron chi connectivity index (χ4n) is 4.45. The average molecular weight is 435 g/mol. The minimum absolute atomic E-state index is 0.0437. The molecule has 1 amide bonds. The molecule has 9 heteroatoms. The summed E-state index contributed by atoms with van der Waals surface area (Å²) in [6.45, 7) is 6.60. The number of benzene rings is 1. The highest BCUT2D eigenvalue weighted by molar-refractivity contribution is 5.91. The van der Waals surface area contributed by atoms with Crippen molar-refractivity contribution in [2.24, 2.45) is 0 Å². The van der Waals surface area contributed by atoms with E-state index in [1.54, 1.807) is 16.7 Å². The fourth-order valence-corrected chi connectivity index (χ4v) is 4.45. The minimum atomic E-state index is -0.163. The van der Waals surface area contributed by atoms with Gasteiger partial charge in [0.25, 0.3) is 11.5 Å². The van der Waals surface area contributed by atoms with E-state index in [1.807, 2.05) is 42.5 Å². The zero-order chi connectivity index (χ0) is 22.2. The lowest BCUT2D eigenvalue weighted by Gasteiger charge is -2.31. The molecule has 1 aliphatic heterocycles.